The molecular weight excluding hydrogens is 230 g/mol. The number of aromatic nitrogens is 2. The summed E-state index contributed by atoms with van der Waals surface area (Å²) in [6, 6.07) is 0. The molecule has 0 saturated heterocycles. The SMILES string of the molecule is CCOc1cncc(NCCC2=CCOCC2)n1. The largest absolute Gasteiger partial charge is 0.477 e. The molecule has 1 aromatic rings. The molecule has 0 amide bonds. The van der Waals surface area contributed by atoms with Crippen LogP contribution in [-0.2, 0) is 4.74 Å². The predicted molar refractivity (Wildman–Crippen MR) is 69.8 cm³/mol. The number of anilines is 1. The summed E-state index contributed by atoms with van der Waals surface area (Å²) in [6.07, 6.45) is 7.54. The summed E-state index contributed by atoms with van der Waals surface area (Å²) in [5.74, 6) is 1.32. The van der Waals surface area contributed by atoms with E-state index in [4.69, 9.17) is 9.47 Å². The maximum Gasteiger partial charge on any atom is 0.234 e. The van der Waals surface area contributed by atoms with Gasteiger partial charge in [0.2, 0.25) is 5.88 Å². The third-order valence-electron chi connectivity index (χ3n) is 2.71. The van der Waals surface area contributed by atoms with E-state index in [0.29, 0.717) is 12.5 Å². The van der Waals surface area contributed by atoms with Crippen LogP contribution in [0, 0.1) is 0 Å². The van der Waals surface area contributed by atoms with Crippen LogP contribution in [0.4, 0.5) is 5.82 Å². The Balaban J connectivity index is 1.78. The van der Waals surface area contributed by atoms with Crippen LogP contribution in [0.5, 0.6) is 5.88 Å². The molecule has 1 aliphatic rings. The fourth-order valence-electron chi connectivity index (χ4n) is 1.79. The molecule has 5 heteroatoms. The number of nitrogens with zero attached hydrogens (tertiary/aromatic N) is 2. The standard InChI is InChI=1S/C13H19N3O2/c1-2-18-13-10-14-9-12(16-13)15-6-3-11-4-7-17-8-5-11/h4,9-10H,2-3,5-8H2,1H3,(H,15,16). The molecule has 0 saturated carbocycles. The molecule has 0 spiro atoms. The summed E-state index contributed by atoms with van der Waals surface area (Å²) in [6.45, 7) is 4.97. The van der Waals surface area contributed by atoms with Crippen molar-refractivity contribution in [2.24, 2.45) is 0 Å². The van der Waals surface area contributed by atoms with Gasteiger partial charge >= 0.3 is 0 Å². The van der Waals surface area contributed by atoms with Crippen LogP contribution in [0.25, 0.3) is 0 Å². The minimum absolute atomic E-state index is 0.563. The molecule has 0 aromatic carbocycles. The second-order valence-electron chi connectivity index (χ2n) is 4.04. The van der Waals surface area contributed by atoms with Crippen molar-refractivity contribution in [3.8, 4) is 5.88 Å². The molecule has 0 bridgehead atoms. The Morgan fingerprint density at radius 1 is 1.44 bits per heavy atom. The fraction of sp³-hybridized carbons (Fsp3) is 0.538. The highest BCUT2D eigenvalue weighted by molar-refractivity contribution is 5.33. The molecule has 0 unspecified atom stereocenters. The van der Waals surface area contributed by atoms with E-state index in [2.05, 4.69) is 21.4 Å². The van der Waals surface area contributed by atoms with Crippen molar-refractivity contribution < 1.29 is 9.47 Å². The number of nitrogens with one attached hydrogen (secondary N) is 1. The van der Waals surface area contributed by atoms with E-state index in [-0.39, 0.29) is 0 Å². The van der Waals surface area contributed by atoms with Crippen molar-refractivity contribution >= 4 is 5.82 Å². The topological polar surface area (TPSA) is 56.3 Å². The van der Waals surface area contributed by atoms with Crippen molar-refractivity contribution in [3.63, 3.8) is 0 Å². The van der Waals surface area contributed by atoms with Gasteiger partial charge in [-0.2, -0.15) is 4.98 Å². The van der Waals surface area contributed by atoms with Crippen LogP contribution in [-0.4, -0.2) is 36.3 Å². The highest BCUT2D eigenvalue weighted by atomic mass is 16.5. The first-order valence-electron chi connectivity index (χ1n) is 6.33. The van der Waals surface area contributed by atoms with Gasteiger partial charge < -0.3 is 14.8 Å². The number of hydrogen-bond donors (Lipinski definition) is 1. The lowest BCUT2D eigenvalue weighted by atomic mass is 10.1. The summed E-state index contributed by atoms with van der Waals surface area (Å²) in [5.41, 5.74) is 1.45. The van der Waals surface area contributed by atoms with E-state index in [1.54, 1.807) is 12.4 Å². The molecule has 1 N–H and O–H groups in total. The van der Waals surface area contributed by atoms with Gasteiger partial charge in [0, 0.05) is 6.54 Å². The smallest absolute Gasteiger partial charge is 0.234 e. The zero-order valence-electron chi connectivity index (χ0n) is 10.7. The highest BCUT2D eigenvalue weighted by Gasteiger charge is 2.04. The molecule has 0 atom stereocenters. The Kier molecular flexibility index (Phi) is 4.96. The Bertz CT molecular complexity index is 407. The van der Waals surface area contributed by atoms with Gasteiger partial charge in [0.25, 0.3) is 0 Å². The maximum atomic E-state index is 5.30. The first kappa shape index (κ1) is 12.8. The molecule has 0 fully saturated rings. The average Bonchev–Trinajstić information content (AvgIpc) is 2.41. The number of hydrogen-bond acceptors (Lipinski definition) is 5. The van der Waals surface area contributed by atoms with Crippen molar-refractivity contribution in [1.82, 2.24) is 9.97 Å². The van der Waals surface area contributed by atoms with Crippen molar-refractivity contribution in [1.29, 1.82) is 0 Å². The van der Waals surface area contributed by atoms with Gasteiger partial charge in [-0.15, -0.1) is 0 Å². The van der Waals surface area contributed by atoms with Gasteiger partial charge in [-0.25, -0.2) is 0 Å². The lowest BCUT2D eigenvalue weighted by Gasteiger charge is -2.13. The van der Waals surface area contributed by atoms with Gasteiger partial charge in [0.15, 0.2) is 0 Å². The van der Waals surface area contributed by atoms with Crippen molar-refractivity contribution in [2.75, 3.05) is 31.7 Å². The Hall–Kier alpha value is -1.62. The summed E-state index contributed by atoms with van der Waals surface area (Å²) in [5, 5.41) is 3.26. The van der Waals surface area contributed by atoms with Crippen LogP contribution >= 0.6 is 0 Å². The molecular formula is C13H19N3O2. The van der Waals surface area contributed by atoms with Crippen molar-refractivity contribution in [3.05, 3.63) is 24.0 Å². The van der Waals surface area contributed by atoms with Crippen LogP contribution < -0.4 is 10.1 Å². The molecule has 0 aliphatic carbocycles. The monoisotopic (exact) mass is 249 g/mol. The molecule has 18 heavy (non-hydrogen) atoms. The molecule has 0 radical (unpaired) electrons. The number of ether oxygens (including phenoxy) is 2. The Labute approximate surface area is 107 Å². The minimum atomic E-state index is 0.563. The van der Waals surface area contributed by atoms with E-state index in [0.717, 1.165) is 38.4 Å². The van der Waals surface area contributed by atoms with Gasteiger partial charge in [-0.05, 0) is 19.8 Å². The third kappa shape index (κ3) is 4.00. The predicted octanol–water partition coefficient (Wildman–Crippen LogP) is 2.02. The van der Waals surface area contributed by atoms with Crippen molar-refractivity contribution in [2.45, 2.75) is 19.8 Å². The average molecular weight is 249 g/mol. The summed E-state index contributed by atoms with van der Waals surface area (Å²) < 4.78 is 10.6. The fourth-order valence-corrected chi connectivity index (χ4v) is 1.79. The Morgan fingerprint density at radius 3 is 3.17 bits per heavy atom. The first-order chi connectivity index (χ1) is 8.88. The second-order valence-corrected chi connectivity index (χ2v) is 4.04. The van der Waals surface area contributed by atoms with E-state index in [1.165, 1.54) is 5.57 Å². The minimum Gasteiger partial charge on any atom is -0.477 e. The van der Waals surface area contributed by atoms with Crippen LogP contribution in [0.1, 0.15) is 19.8 Å². The zero-order valence-corrected chi connectivity index (χ0v) is 10.7. The third-order valence-corrected chi connectivity index (χ3v) is 2.71. The van der Waals surface area contributed by atoms with Crippen LogP contribution in [0.15, 0.2) is 24.0 Å². The lowest BCUT2D eigenvalue weighted by molar-refractivity contribution is 0.153. The number of rotatable bonds is 6. The lowest BCUT2D eigenvalue weighted by Crippen LogP contribution is -2.10. The summed E-state index contributed by atoms with van der Waals surface area (Å²) >= 11 is 0. The van der Waals surface area contributed by atoms with E-state index in [9.17, 15) is 0 Å². The normalized spacial score (nSPS) is 15.1. The molecule has 2 heterocycles. The quantitative estimate of drug-likeness (QED) is 0.782. The van der Waals surface area contributed by atoms with Crippen LogP contribution in [0.2, 0.25) is 0 Å². The molecule has 1 aliphatic heterocycles. The van der Waals surface area contributed by atoms with Gasteiger partial charge in [0.05, 0.1) is 32.2 Å². The molecule has 98 valence electrons. The van der Waals surface area contributed by atoms with E-state index >= 15 is 0 Å². The molecule has 1 aromatic heterocycles. The maximum absolute atomic E-state index is 5.30. The second kappa shape index (κ2) is 6.96. The van der Waals surface area contributed by atoms with Gasteiger partial charge in [0.1, 0.15) is 5.82 Å². The highest BCUT2D eigenvalue weighted by Crippen LogP contribution is 2.13. The first-order valence-corrected chi connectivity index (χ1v) is 6.33. The Morgan fingerprint density at radius 2 is 2.39 bits per heavy atom. The molecule has 5 nitrogen and oxygen atoms in total. The van der Waals surface area contributed by atoms with Gasteiger partial charge in [-0.1, -0.05) is 11.6 Å². The summed E-state index contributed by atoms with van der Waals surface area (Å²) in [4.78, 5) is 8.39. The molecule has 2 rings (SSSR count). The zero-order chi connectivity index (χ0) is 12.6. The van der Waals surface area contributed by atoms with Gasteiger partial charge in [-0.3, -0.25) is 4.98 Å². The van der Waals surface area contributed by atoms with E-state index < -0.39 is 0 Å². The van der Waals surface area contributed by atoms with E-state index in [1.807, 2.05) is 6.92 Å². The summed E-state index contributed by atoms with van der Waals surface area (Å²) in [7, 11) is 0. The van der Waals surface area contributed by atoms with Crippen LogP contribution in [0.3, 0.4) is 0 Å².